The van der Waals surface area contributed by atoms with Gasteiger partial charge in [0.15, 0.2) is 0 Å². The summed E-state index contributed by atoms with van der Waals surface area (Å²) in [5.41, 5.74) is 3.62. The van der Waals surface area contributed by atoms with Crippen LogP contribution in [-0.4, -0.2) is 30.4 Å². The average Bonchev–Trinajstić information content (AvgIpc) is 2.64. The van der Waals surface area contributed by atoms with Crippen LogP contribution in [-0.2, 0) is 18.1 Å². The van der Waals surface area contributed by atoms with E-state index in [4.69, 9.17) is 13.6 Å². The van der Waals surface area contributed by atoms with Crippen LogP contribution >= 0.6 is 7.82 Å². The van der Waals surface area contributed by atoms with Crippen molar-refractivity contribution < 1.29 is 22.9 Å². The van der Waals surface area contributed by atoms with Gasteiger partial charge in [0.2, 0.25) is 0 Å². The minimum absolute atomic E-state index is 0.0393. The first-order valence-corrected chi connectivity index (χ1v) is 10.6. The van der Waals surface area contributed by atoms with Crippen LogP contribution in [0.1, 0.15) is 38.1 Å². The third-order valence-corrected chi connectivity index (χ3v) is 5.34. The van der Waals surface area contributed by atoms with Crippen LogP contribution in [0.2, 0.25) is 0 Å². The number of phosphoric ester groups is 1. The predicted molar refractivity (Wildman–Crippen MR) is 109 cm³/mol. The first-order valence-electron chi connectivity index (χ1n) is 9.18. The highest BCUT2D eigenvalue weighted by atomic mass is 31.2. The summed E-state index contributed by atoms with van der Waals surface area (Å²) in [6.07, 6.45) is 6.62. The predicted octanol–water partition coefficient (Wildman–Crippen LogP) is 4.49. The molecule has 2 rings (SSSR count). The Hall–Kier alpha value is -2.05. The second-order valence-electron chi connectivity index (χ2n) is 6.75. The zero-order valence-corrected chi connectivity index (χ0v) is 17.5. The molecule has 1 unspecified atom stereocenters. The van der Waals surface area contributed by atoms with E-state index in [1.165, 1.54) is 0 Å². The fraction of sp³-hybridized carbons (Fsp3) is 0.400. The molecule has 0 aromatic heterocycles. The third-order valence-electron chi connectivity index (χ3n) is 3.52. The van der Waals surface area contributed by atoms with E-state index in [2.05, 4.69) is 10.5 Å². The van der Waals surface area contributed by atoms with Gasteiger partial charge in [0.05, 0.1) is 24.5 Å². The Bertz CT molecular complexity index is 773. The highest BCUT2D eigenvalue weighted by Gasteiger charge is 2.31. The standard InChI is InChI=1S/C20H27N2O5P/c1-15(2)26-28(24,27-16(3)4)25-14-18-12-8-9-13-19(18)21-22-20(23)17-10-6-5-7-11-17/h5-13,15-16,18H,14H2,1-4H3,(H,22,23). The number of amides is 1. The summed E-state index contributed by atoms with van der Waals surface area (Å²) in [6, 6.07) is 8.80. The maximum Gasteiger partial charge on any atom is 0.475 e. The van der Waals surface area contributed by atoms with Crippen molar-refractivity contribution in [1.82, 2.24) is 5.43 Å². The van der Waals surface area contributed by atoms with Crippen LogP contribution in [0.4, 0.5) is 0 Å². The van der Waals surface area contributed by atoms with E-state index in [1.54, 1.807) is 64.1 Å². The number of carbonyl (C=O) groups excluding carboxylic acids is 1. The van der Waals surface area contributed by atoms with Crippen LogP contribution < -0.4 is 5.43 Å². The van der Waals surface area contributed by atoms with Crippen LogP contribution in [0, 0.1) is 5.92 Å². The minimum Gasteiger partial charge on any atom is -0.286 e. The summed E-state index contributed by atoms with van der Waals surface area (Å²) in [6.45, 7) is 7.07. The van der Waals surface area contributed by atoms with Gasteiger partial charge in [0.1, 0.15) is 0 Å². The zero-order valence-electron chi connectivity index (χ0n) is 16.6. The molecule has 1 aromatic rings. The van der Waals surface area contributed by atoms with E-state index in [-0.39, 0.29) is 30.6 Å². The molecule has 1 atom stereocenters. The lowest BCUT2D eigenvalue weighted by atomic mass is 10.00. The highest BCUT2D eigenvalue weighted by Crippen LogP contribution is 2.52. The summed E-state index contributed by atoms with van der Waals surface area (Å²) in [4.78, 5) is 12.2. The van der Waals surface area contributed by atoms with E-state index in [9.17, 15) is 9.36 Å². The molecule has 0 heterocycles. The lowest BCUT2D eigenvalue weighted by molar-refractivity contribution is 0.0702. The van der Waals surface area contributed by atoms with Crippen molar-refractivity contribution in [3.63, 3.8) is 0 Å². The molecule has 0 radical (unpaired) electrons. The molecule has 1 N–H and O–H groups in total. The molecule has 28 heavy (non-hydrogen) atoms. The molecular formula is C20H27N2O5P. The van der Waals surface area contributed by atoms with Crippen molar-refractivity contribution in [1.29, 1.82) is 0 Å². The largest absolute Gasteiger partial charge is 0.475 e. The molecule has 0 saturated heterocycles. The second-order valence-corrected chi connectivity index (χ2v) is 8.32. The molecule has 0 spiro atoms. The number of hydrogen-bond donors (Lipinski definition) is 1. The fourth-order valence-corrected chi connectivity index (χ4v) is 3.93. The van der Waals surface area contributed by atoms with E-state index in [0.717, 1.165) is 0 Å². The summed E-state index contributed by atoms with van der Waals surface area (Å²) in [5, 5.41) is 4.19. The summed E-state index contributed by atoms with van der Waals surface area (Å²) in [7, 11) is -3.71. The molecule has 0 bridgehead atoms. The second kappa shape index (κ2) is 10.5. The average molecular weight is 406 g/mol. The number of nitrogens with one attached hydrogen (secondary N) is 1. The Kier molecular flexibility index (Phi) is 8.33. The summed E-state index contributed by atoms with van der Waals surface area (Å²) >= 11 is 0. The van der Waals surface area contributed by atoms with E-state index in [0.29, 0.717) is 11.3 Å². The summed E-state index contributed by atoms with van der Waals surface area (Å²) in [5.74, 6) is -0.617. The topological polar surface area (TPSA) is 86.2 Å². The van der Waals surface area contributed by atoms with Gasteiger partial charge in [0.25, 0.3) is 5.91 Å². The number of rotatable bonds is 9. The van der Waals surface area contributed by atoms with Gasteiger partial charge in [-0.05, 0) is 45.9 Å². The van der Waals surface area contributed by atoms with Gasteiger partial charge in [-0.25, -0.2) is 9.99 Å². The van der Waals surface area contributed by atoms with Crippen molar-refractivity contribution in [2.75, 3.05) is 6.61 Å². The molecule has 0 saturated carbocycles. The van der Waals surface area contributed by atoms with Crippen molar-refractivity contribution in [3.05, 3.63) is 60.2 Å². The van der Waals surface area contributed by atoms with Gasteiger partial charge < -0.3 is 0 Å². The molecule has 1 aliphatic carbocycles. The number of hydrogen-bond acceptors (Lipinski definition) is 6. The van der Waals surface area contributed by atoms with Crippen molar-refractivity contribution >= 4 is 19.4 Å². The van der Waals surface area contributed by atoms with Gasteiger partial charge in [-0.1, -0.05) is 36.4 Å². The number of hydrazone groups is 1. The Morgan fingerprint density at radius 3 is 2.36 bits per heavy atom. The van der Waals surface area contributed by atoms with Crippen LogP contribution in [0.25, 0.3) is 0 Å². The van der Waals surface area contributed by atoms with Gasteiger partial charge in [-0.15, -0.1) is 0 Å². The third kappa shape index (κ3) is 7.17. The van der Waals surface area contributed by atoms with E-state index < -0.39 is 7.82 Å². The van der Waals surface area contributed by atoms with Gasteiger partial charge in [0, 0.05) is 11.5 Å². The fourth-order valence-electron chi connectivity index (χ4n) is 2.38. The Balaban J connectivity index is 2.04. The number of carbonyl (C=O) groups is 1. The number of nitrogens with zero attached hydrogens (tertiary/aromatic N) is 1. The SMILES string of the molecule is CC(C)OP(=O)(OCC1C=CC=CC1=NNC(=O)c1ccccc1)OC(C)C. The van der Waals surface area contributed by atoms with Crippen molar-refractivity contribution in [2.24, 2.45) is 11.0 Å². The lowest BCUT2D eigenvalue weighted by Crippen LogP contribution is -2.25. The molecule has 0 aliphatic heterocycles. The summed E-state index contributed by atoms with van der Waals surface area (Å²) < 4.78 is 29.1. The van der Waals surface area contributed by atoms with Gasteiger partial charge >= 0.3 is 7.82 Å². The van der Waals surface area contributed by atoms with Crippen LogP contribution in [0.5, 0.6) is 0 Å². The maximum absolute atomic E-state index is 12.8. The van der Waals surface area contributed by atoms with E-state index in [1.807, 2.05) is 18.2 Å². The highest BCUT2D eigenvalue weighted by molar-refractivity contribution is 7.48. The zero-order chi connectivity index (χ0) is 20.6. The molecule has 8 heteroatoms. The quantitative estimate of drug-likeness (QED) is 0.482. The number of allylic oxidation sites excluding steroid dienone is 3. The van der Waals surface area contributed by atoms with Crippen LogP contribution in [0.15, 0.2) is 59.7 Å². The Morgan fingerprint density at radius 1 is 1.11 bits per heavy atom. The molecule has 1 aromatic carbocycles. The monoisotopic (exact) mass is 406 g/mol. The van der Waals surface area contributed by atoms with Crippen LogP contribution in [0.3, 0.4) is 0 Å². The molecule has 7 nitrogen and oxygen atoms in total. The van der Waals surface area contributed by atoms with Crippen molar-refractivity contribution in [3.8, 4) is 0 Å². The maximum atomic E-state index is 12.8. The van der Waals surface area contributed by atoms with Gasteiger partial charge in [-0.3, -0.25) is 18.4 Å². The lowest BCUT2D eigenvalue weighted by Gasteiger charge is -2.24. The molecular weight excluding hydrogens is 379 g/mol. The Morgan fingerprint density at radius 2 is 1.75 bits per heavy atom. The number of phosphoric acid groups is 1. The molecule has 1 amide bonds. The molecule has 0 fully saturated rings. The molecule has 152 valence electrons. The first-order chi connectivity index (χ1) is 13.3. The minimum atomic E-state index is -3.71. The first kappa shape index (κ1) is 22.2. The normalized spacial score (nSPS) is 18.2. The number of benzene rings is 1. The van der Waals surface area contributed by atoms with Crippen molar-refractivity contribution in [2.45, 2.75) is 39.9 Å². The molecule has 1 aliphatic rings. The smallest absolute Gasteiger partial charge is 0.286 e. The Labute approximate surface area is 166 Å². The van der Waals surface area contributed by atoms with E-state index >= 15 is 0 Å². The van der Waals surface area contributed by atoms with Gasteiger partial charge in [-0.2, -0.15) is 5.10 Å².